The predicted octanol–water partition coefficient (Wildman–Crippen LogP) is 3.21. The SMILES string of the molecule is Cc1cc(OC(C)C(=O)NCCCc2nnc3ccccn23)ccc1Cl. The van der Waals surface area contributed by atoms with Crippen LogP contribution in [0.4, 0.5) is 0 Å². The van der Waals surface area contributed by atoms with Gasteiger partial charge in [-0.25, -0.2) is 0 Å². The monoisotopic (exact) mass is 372 g/mol. The van der Waals surface area contributed by atoms with E-state index in [0.29, 0.717) is 17.3 Å². The second-order valence-electron chi connectivity index (χ2n) is 6.11. The fourth-order valence-corrected chi connectivity index (χ4v) is 2.73. The molecule has 2 heterocycles. The third kappa shape index (κ3) is 4.32. The standard InChI is InChI=1S/C19H21ClN4O2/c1-13-12-15(8-9-16(13)20)26-14(2)19(25)21-10-5-7-18-23-22-17-6-3-4-11-24(17)18/h3-4,6,8-9,11-12,14H,5,7,10H2,1-2H3,(H,21,25). The molecule has 3 aromatic rings. The highest BCUT2D eigenvalue weighted by atomic mass is 35.5. The Morgan fingerprint density at radius 3 is 2.96 bits per heavy atom. The molecule has 1 N–H and O–H groups in total. The number of rotatable bonds is 7. The zero-order valence-electron chi connectivity index (χ0n) is 14.8. The van der Waals surface area contributed by atoms with E-state index in [1.807, 2.05) is 41.8 Å². The van der Waals surface area contributed by atoms with Crippen LogP contribution in [0, 0.1) is 6.92 Å². The molecule has 0 saturated carbocycles. The summed E-state index contributed by atoms with van der Waals surface area (Å²) in [5, 5.41) is 11.9. The summed E-state index contributed by atoms with van der Waals surface area (Å²) >= 11 is 6.00. The predicted molar refractivity (Wildman–Crippen MR) is 101 cm³/mol. The normalized spacial score (nSPS) is 12.1. The van der Waals surface area contributed by atoms with Gasteiger partial charge in [0.15, 0.2) is 11.8 Å². The van der Waals surface area contributed by atoms with E-state index in [9.17, 15) is 4.79 Å². The van der Waals surface area contributed by atoms with Gasteiger partial charge in [-0.15, -0.1) is 10.2 Å². The molecule has 7 heteroatoms. The fraction of sp³-hybridized carbons (Fsp3) is 0.316. The van der Waals surface area contributed by atoms with E-state index in [1.165, 1.54) is 0 Å². The van der Waals surface area contributed by atoms with Crippen LogP contribution in [0.3, 0.4) is 0 Å². The minimum absolute atomic E-state index is 0.149. The summed E-state index contributed by atoms with van der Waals surface area (Å²) in [6.45, 7) is 4.17. The van der Waals surface area contributed by atoms with Crippen LogP contribution >= 0.6 is 11.6 Å². The van der Waals surface area contributed by atoms with Crippen molar-refractivity contribution in [2.45, 2.75) is 32.8 Å². The Kier molecular flexibility index (Phi) is 5.73. The summed E-state index contributed by atoms with van der Waals surface area (Å²) in [5.74, 6) is 1.36. The van der Waals surface area contributed by atoms with Crippen molar-refractivity contribution in [1.29, 1.82) is 0 Å². The minimum Gasteiger partial charge on any atom is -0.481 e. The summed E-state index contributed by atoms with van der Waals surface area (Å²) in [5.41, 5.74) is 1.74. The number of amides is 1. The summed E-state index contributed by atoms with van der Waals surface area (Å²) < 4.78 is 7.63. The van der Waals surface area contributed by atoms with Gasteiger partial charge < -0.3 is 10.1 Å². The van der Waals surface area contributed by atoms with Crippen molar-refractivity contribution in [2.75, 3.05) is 6.54 Å². The molecular weight excluding hydrogens is 352 g/mol. The number of carbonyl (C=O) groups is 1. The summed E-state index contributed by atoms with van der Waals surface area (Å²) in [6.07, 6.45) is 2.86. The number of hydrogen-bond acceptors (Lipinski definition) is 4. The smallest absolute Gasteiger partial charge is 0.260 e. The van der Waals surface area contributed by atoms with Crippen LogP contribution in [-0.4, -0.2) is 33.2 Å². The van der Waals surface area contributed by atoms with E-state index in [4.69, 9.17) is 16.3 Å². The van der Waals surface area contributed by atoms with Gasteiger partial charge in [0.2, 0.25) is 0 Å². The average molecular weight is 373 g/mol. The fourth-order valence-electron chi connectivity index (χ4n) is 2.61. The number of nitrogens with one attached hydrogen (secondary N) is 1. The van der Waals surface area contributed by atoms with Gasteiger partial charge in [-0.05, 0) is 56.2 Å². The highest BCUT2D eigenvalue weighted by molar-refractivity contribution is 6.31. The molecule has 3 rings (SSSR count). The number of fused-ring (bicyclic) bond motifs is 1. The Labute approximate surface area is 157 Å². The highest BCUT2D eigenvalue weighted by Gasteiger charge is 2.14. The van der Waals surface area contributed by atoms with E-state index in [0.717, 1.165) is 29.9 Å². The molecule has 0 bridgehead atoms. The molecule has 0 radical (unpaired) electrons. The first-order valence-electron chi connectivity index (χ1n) is 8.54. The maximum absolute atomic E-state index is 12.2. The number of aryl methyl sites for hydroxylation is 2. The second kappa shape index (κ2) is 8.19. The average Bonchev–Trinajstić information content (AvgIpc) is 3.05. The lowest BCUT2D eigenvalue weighted by Gasteiger charge is -2.15. The summed E-state index contributed by atoms with van der Waals surface area (Å²) in [4.78, 5) is 12.2. The highest BCUT2D eigenvalue weighted by Crippen LogP contribution is 2.21. The van der Waals surface area contributed by atoms with E-state index in [-0.39, 0.29) is 5.91 Å². The summed E-state index contributed by atoms with van der Waals surface area (Å²) in [6, 6.07) is 11.1. The zero-order chi connectivity index (χ0) is 18.5. The van der Waals surface area contributed by atoms with Crippen LogP contribution in [0.5, 0.6) is 5.75 Å². The second-order valence-corrected chi connectivity index (χ2v) is 6.52. The van der Waals surface area contributed by atoms with Gasteiger partial charge in [0, 0.05) is 24.2 Å². The van der Waals surface area contributed by atoms with Crippen LogP contribution in [0.25, 0.3) is 5.65 Å². The lowest BCUT2D eigenvalue weighted by Crippen LogP contribution is -2.37. The molecule has 2 aromatic heterocycles. The number of aromatic nitrogens is 3. The molecule has 0 aliphatic carbocycles. The number of pyridine rings is 1. The Hall–Kier alpha value is -2.60. The van der Waals surface area contributed by atoms with Crippen LogP contribution in [0.15, 0.2) is 42.6 Å². The van der Waals surface area contributed by atoms with E-state index >= 15 is 0 Å². The van der Waals surface area contributed by atoms with Gasteiger partial charge in [0.05, 0.1) is 0 Å². The Morgan fingerprint density at radius 1 is 1.31 bits per heavy atom. The van der Waals surface area contributed by atoms with E-state index in [2.05, 4.69) is 15.5 Å². The van der Waals surface area contributed by atoms with Crippen molar-refractivity contribution in [2.24, 2.45) is 0 Å². The zero-order valence-corrected chi connectivity index (χ0v) is 15.5. The van der Waals surface area contributed by atoms with Crippen molar-refractivity contribution >= 4 is 23.2 Å². The van der Waals surface area contributed by atoms with Crippen molar-refractivity contribution in [1.82, 2.24) is 19.9 Å². The molecule has 1 atom stereocenters. The first-order valence-corrected chi connectivity index (χ1v) is 8.91. The Balaban J connectivity index is 1.45. The lowest BCUT2D eigenvalue weighted by atomic mass is 10.2. The van der Waals surface area contributed by atoms with Gasteiger partial charge >= 0.3 is 0 Å². The molecular formula is C19H21ClN4O2. The first kappa shape index (κ1) is 18.2. The molecule has 0 spiro atoms. The third-order valence-corrected chi connectivity index (χ3v) is 4.50. The molecule has 0 fully saturated rings. The molecule has 1 aromatic carbocycles. The van der Waals surface area contributed by atoms with E-state index in [1.54, 1.807) is 19.1 Å². The molecule has 6 nitrogen and oxygen atoms in total. The molecule has 0 saturated heterocycles. The van der Waals surface area contributed by atoms with Crippen molar-refractivity contribution in [3.63, 3.8) is 0 Å². The van der Waals surface area contributed by atoms with Gasteiger partial charge in [-0.3, -0.25) is 9.20 Å². The van der Waals surface area contributed by atoms with Crippen molar-refractivity contribution in [3.05, 3.63) is 59.0 Å². The van der Waals surface area contributed by atoms with Crippen LogP contribution in [0.2, 0.25) is 5.02 Å². The Morgan fingerprint density at radius 2 is 2.15 bits per heavy atom. The van der Waals surface area contributed by atoms with Gasteiger partial charge in [0.1, 0.15) is 11.6 Å². The topological polar surface area (TPSA) is 68.5 Å². The maximum Gasteiger partial charge on any atom is 0.260 e. The van der Waals surface area contributed by atoms with Crippen LogP contribution in [-0.2, 0) is 11.2 Å². The maximum atomic E-state index is 12.2. The van der Waals surface area contributed by atoms with Crippen LogP contribution < -0.4 is 10.1 Å². The number of benzene rings is 1. The molecule has 1 amide bonds. The molecule has 136 valence electrons. The Bertz CT molecular complexity index is 909. The summed E-state index contributed by atoms with van der Waals surface area (Å²) in [7, 11) is 0. The number of nitrogens with zero attached hydrogens (tertiary/aromatic N) is 3. The minimum atomic E-state index is -0.579. The lowest BCUT2D eigenvalue weighted by molar-refractivity contribution is -0.127. The number of ether oxygens (including phenoxy) is 1. The number of halogens is 1. The largest absolute Gasteiger partial charge is 0.481 e. The van der Waals surface area contributed by atoms with Gasteiger partial charge in [0.25, 0.3) is 5.91 Å². The molecule has 26 heavy (non-hydrogen) atoms. The van der Waals surface area contributed by atoms with Gasteiger partial charge in [-0.1, -0.05) is 17.7 Å². The molecule has 1 unspecified atom stereocenters. The quantitative estimate of drug-likeness (QED) is 0.646. The van der Waals surface area contributed by atoms with Crippen molar-refractivity contribution < 1.29 is 9.53 Å². The van der Waals surface area contributed by atoms with Crippen LogP contribution in [0.1, 0.15) is 24.7 Å². The third-order valence-electron chi connectivity index (χ3n) is 4.07. The number of hydrogen-bond donors (Lipinski definition) is 1. The van der Waals surface area contributed by atoms with E-state index < -0.39 is 6.10 Å². The molecule has 0 aliphatic rings. The van der Waals surface area contributed by atoms with Gasteiger partial charge in [-0.2, -0.15) is 0 Å². The van der Waals surface area contributed by atoms with Crippen molar-refractivity contribution in [3.8, 4) is 5.75 Å². The first-order chi connectivity index (χ1) is 12.5. The number of carbonyl (C=O) groups excluding carboxylic acids is 1. The molecule has 0 aliphatic heterocycles.